The third-order valence-corrected chi connectivity index (χ3v) is 3.39. The number of hydrogen-bond acceptors (Lipinski definition) is 5. The van der Waals surface area contributed by atoms with E-state index in [2.05, 4.69) is 20.5 Å². The number of carbonyl (C=O) groups is 1. The zero-order valence-electron chi connectivity index (χ0n) is 9.81. The Labute approximate surface area is 102 Å². The maximum atomic E-state index is 11.4. The Kier molecular flexibility index (Phi) is 2.19. The number of nitrogens with zero attached hydrogens (tertiary/aromatic N) is 6. The van der Waals surface area contributed by atoms with Crippen molar-refractivity contribution in [3.63, 3.8) is 0 Å². The first-order valence-electron chi connectivity index (χ1n) is 5.64. The monoisotopic (exact) mass is 248 g/mol. The number of hydrogen-bond donors (Lipinski definition) is 1. The van der Waals surface area contributed by atoms with Gasteiger partial charge in [-0.15, -0.1) is 5.10 Å². The summed E-state index contributed by atoms with van der Waals surface area (Å²) in [5.74, 6) is -0.490. The van der Waals surface area contributed by atoms with E-state index in [-0.39, 0.29) is 0 Å². The summed E-state index contributed by atoms with van der Waals surface area (Å²) >= 11 is 0. The minimum Gasteiger partial charge on any atom is -0.479 e. The summed E-state index contributed by atoms with van der Waals surface area (Å²) < 4.78 is 3.16. The molecule has 94 valence electrons. The van der Waals surface area contributed by atoms with Crippen molar-refractivity contribution in [2.24, 2.45) is 7.05 Å². The normalized spacial score (nSPS) is 17.4. The minimum atomic E-state index is -1.00. The number of aliphatic carboxylic acids is 1. The van der Waals surface area contributed by atoms with Gasteiger partial charge in [0, 0.05) is 13.2 Å². The average Bonchev–Trinajstić information content (AvgIpc) is 2.84. The summed E-state index contributed by atoms with van der Waals surface area (Å²) in [4.78, 5) is 15.6. The molecule has 0 aromatic carbocycles. The van der Waals surface area contributed by atoms with E-state index in [1.807, 2.05) is 7.05 Å². The Hall–Kier alpha value is -2.25. The second-order valence-electron chi connectivity index (χ2n) is 4.53. The van der Waals surface area contributed by atoms with Crippen molar-refractivity contribution < 1.29 is 9.90 Å². The lowest BCUT2D eigenvalue weighted by molar-refractivity contribution is -0.153. The van der Waals surface area contributed by atoms with Crippen LogP contribution in [0.2, 0.25) is 0 Å². The molecule has 2 aromatic heterocycles. The van der Waals surface area contributed by atoms with E-state index < -0.39 is 11.5 Å². The predicted octanol–water partition coefficient (Wildman–Crippen LogP) is 0.0374. The van der Waals surface area contributed by atoms with Crippen LogP contribution in [-0.4, -0.2) is 40.8 Å². The van der Waals surface area contributed by atoms with E-state index in [0.717, 1.165) is 6.42 Å². The van der Waals surface area contributed by atoms with Crippen molar-refractivity contribution in [1.82, 2.24) is 29.8 Å². The van der Waals surface area contributed by atoms with Crippen LogP contribution in [-0.2, 0) is 17.4 Å². The van der Waals surface area contributed by atoms with Gasteiger partial charge in [0.25, 0.3) is 0 Å². The molecule has 1 N–H and O–H groups in total. The van der Waals surface area contributed by atoms with Crippen LogP contribution in [0.25, 0.3) is 11.5 Å². The van der Waals surface area contributed by atoms with Gasteiger partial charge in [0.15, 0.2) is 5.54 Å². The fraction of sp³-hybridized carbons (Fsp3) is 0.500. The summed E-state index contributed by atoms with van der Waals surface area (Å²) in [7, 11) is 1.83. The van der Waals surface area contributed by atoms with Gasteiger partial charge in [-0.3, -0.25) is 0 Å². The molecule has 18 heavy (non-hydrogen) atoms. The van der Waals surface area contributed by atoms with Crippen LogP contribution >= 0.6 is 0 Å². The second-order valence-corrected chi connectivity index (χ2v) is 4.53. The highest BCUT2D eigenvalue weighted by Crippen LogP contribution is 2.40. The molecular formula is C10H12N6O2. The Morgan fingerprint density at radius 1 is 1.50 bits per heavy atom. The largest absolute Gasteiger partial charge is 0.479 e. The first-order chi connectivity index (χ1) is 8.63. The molecule has 0 aliphatic heterocycles. The highest BCUT2D eigenvalue weighted by molar-refractivity contribution is 5.78. The molecule has 2 heterocycles. The minimum absolute atomic E-state index is 0.401. The summed E-state index contributed by atoms with van der Waals surface area (Å²) in [5, 5.41) is 20.7. The molecule has 3 rings (SSSR count). The van der Waals surface area contributed by atoms with Crippen LogP contribution in [0.15, 0.2) is 12.5 Å². The SMILES string of the molecule is Cn1cnc(-c2nnnn2C2(C(=O)O)CCC2)c1. The summed E-state index contributed by atoms with van der Waals surface area (Å²) in [6.07, 6.45) is 5.35. The highest BCUT2D eigenvalue weighted by atomic mass is 16.4. The molecule has 0 radical (unpaired) electrons. The molecule has 1 saturated carbocycles. The molecule has 2 aromatic rings. The molecule has 8 heteroatoms. The predicted molar refractivity (Wildman–Crippen MR) is 59.5 cm³/mol. The molecule has 1 aliphatic rings. The lowest BCUT2D eigenvalue weighted by Gasteiger charge is -2.37. The van der Waals surface area contributed by atoms with Crippen molar-refractivity contribution in [2.75, 3.05) is 0 Å². The van der Waals surface area contributed by atoms with Gasteiger partial charge in [-0.1, -0.05) is 0 Å². The first-order valence-corrected chi connectivity index (χ1v) is 5.64. The maximum absolute atomic E-state index is 11.4. The van der Waals surface area contributed by atoms with E-state index in [1.54, 1.807) is 17.1 Å². The van der Waals surface area contributed by atoms with Gasteiger partial charge in [-0.25, -0.2) is 14.5 Å². The summed E-state index contributed by atoms with van der Waals surface area (Å²) in [6, 6.07) is 0. The van der Waals surface area contributed by atoms with Crippen molar-refractivity contribution in [3.05, 3.63) is 12.5 Å². The second kappa shape index (κ2) is 3.62. The number of aromatic nitrogens is 6. The van der Waals surface area contributed by atoms with Gasteiger partial charge in [-0.2, -0.15) is 0 Å². The van der Waals surface area contributed by atoms with Gasteiger partial charge in [0.2, 0.25) is 5.82 Å². The molecule has 0 unspecified atom stereocenters. The molecule has 0 bridgehead atoms. The van der Waals surface area contributed by atoms with E-state index in [0.29, 0.717) is 24.4 Å². The van der Waals surface area contributed by atoms with Crippen molar-refractivity contribution in [3.8, 4) is 11.5 Å². The Bertz CT molecular complexity index is 597. The van der Waals surface area contributed by atoms with Gasteiger partial charge in [0.05, 0.1) is 6.33 Å². The average molecular weight is 248 g/mol. The fourth-order valence-corrected chi connectivity index (χ4v) is 2.19. The van der Waals surface area contributed by atoms with E-state index in [1.165, 1.54) is 4.68 Å². The molecular weight excluding hydrogens is 236 g/mol. The van der Waals surface area contributed by atoms with E-state index in [9.17, 15) is 9.90 Å². The Morgan fingerprint density at radius 3 is 2.78 bits per heavy atom. The Morgan fingerprint density at radius 2 is 2.28 bits per heavy atom. The Balaban J connectivity index is 2.09. The number of rotatable bonds is 3. The number of carboxylic acids is 1. The topological polar surface area (TPSA) is 98.7 Å². The molecule has 1 aliphatic carbocycles. The van der Waals surface area contributed by atoms with Crippen molar-refractivity contribution in [2.45, 2.75) is 24.8 Å². The van der Waals surface area contributed by atoms with Gasteiger partial charge >= 0.3 is 5.97 Å². The van der Waals surface area contributed by atoms with Crippen LogP contribution in [0, 0.1) is 0 Å². The third-order valence-electron chi connectivity index (χ3n) is 3.39. The van der Waals surface area contributed by atoms with E-state index >= 15 is 0 Å². The quantitative estimate of drug-likeness (QED) is 0.823. The third kappa shape index (κ3) is 1.35. The smallest absolute Gasteiger partial charge is 0.331 e. The number of aryl methyl sites for hydroxylation is 1. The lowest BCUT2D eigenvalue weighted by atomic mass is 9.77. The van der Waals surface area contributed by atoms with Gasteiger partial charge < -0.3 is 9.67 Å². The van der Waals surface area contributed by atoms with Crippen LogP contribution in [0.3, 0.4) is 0 Å². The molecule has 8 nitrogen and oxygen atoms in total. The highest BCUT2D eigenvalue weighted by Gasteiger charge is 2.49. The zero-order valence-corrected chi connectivity index (χ0v) is 9.81. The standard InChI is InChI=1S/C10H12N6O2/c1-15-5-7(11-6-15)8-12-13-14-16(8)10(9(17)18)3-2-4-10/h5-6H,2-4H2,1H3,(H,17,18). The molecule has 0 spiro atoms. The lowest BCUT2D eigenvalue weighted by Crippen LogP contribution is -2.48. The molecule has 0 amide bonds. The maximum Gasteiger partial charge on any atom is 0.331 e. The van der Waals surface area contributed by atoms with Crippen molar-refractivity contribution >= 4 is 5.97 Å². The fourth-order valence-electron chi connectivity index (χ4n) is 2.19. The number of carboxylic acid groups (broad SMARTS) is 1. The molecule has 1 fully saturated rings. The van der Waals surface area contributed by atoms with Crippen LogP contribution < -0.4 is 0 Å². The van der Waals surface area contributed by atoms with Crippen LogP contribution in [0.5, 0.6) is 0 Å². The van der Waals surface area contributed by atoms with Gasteiger partial charge in [-0.05, 0) is 29.7 Å². The number of tetrazole rings is 1. The van der Waals surface area contributed by atoms with E-state index in [4.69, 9.17) is 0 Å². The molecule has 0 atom stereocenters. The van der Waals surface area contributed by atoms with Crippen LogP contribution in [0.1, 0.15) is 19.3 Å². The number of imidazole rings is 1. The zero-order chi connectivity index (χ0) is 12.8. The molecule has 0 saturated heterocycles. The summed E-state index contributed by atoms with van der Waals surface area (Å²) in [6.45, 7) is 0. The van der Waals surface area contributed by atoms with Crippen LogP contribution in [0.4, 0.5) is 0 Å². The first kappa shape index (κ1) is 10.9. The van der Waals surface area contributed by atoms with Gasteiger partial charge in [0.1, 0.15) is 5.69 Å². The van der Waals surface area contributed by atoms with Crippen molar-refractivity contribution in [1.29, 1.82) is 0 Å². The summed E-state index contributed by atoms with van der Waals surface area (Å²) in [5.41, 5.74) is -0.425.